The molecule has 2 nitrogen and oxygen atoms in total. The Kier molecular flexibility index (Phi) is 1.90. The lowest BCUT2D eigenvalue weighted by Crippen LogP contribution is -1.95. The summed E-state index contributed by atoms with van der Waals surface area (Å²) in [7, 11) is 0. The third-order valence-corrected chi connectivity index (χ3v) is 1.28. The highest BCUT2D eigenvalue weighted by Gasteiger charge is 1.93. The average molecular weight is 134 g/mol. The normalized spacial score (nSPS) is 9.80. The largest absolute Gasteiger partial charge is 0.384 e. The number of aryl methyl sites for hydroxylation is 1. The quantitative estimate of drug-likeness (QED) is 0.628. The van der Waals surface area contributed by atoms with Gasteiger partial charge >= 0.3 is 0 Å². The van der Waals surface area contributed by atoms with Crippen molar-refractivity contribution in [3.63, 3.8) is 0 Å². The van der Waals surface area contributed by atoms with E-state index in [0.29, 0.717) is 11.4 Å². The minimum Gasteiger partial charge on any atom is -0.384 e. The zero-order chi connectivity index (χ0) is 7.56. The monoisotopic (exact) mass is 134 g/mol. The molecule has 0 atom stereocenters. The van der Waals surface area contributed by atoms with Crippen LogP contribution in [0.3, 0.4) is 0 Å². The van der Waals surface area contributed by atoms with Crippen LogP contribution >= 0.6 is 0 Å². The Morgan fingerprint density at radius 2 is 2.30 bits per heavy atom. The summed E-state index contributed by atoms with van der Waals surface area (Å²) in [6.45, 7) is 7.53. The molecule has 0 fully saturated rings. The maximum Gasteiger partial charge on any atom is 0.123 e. The average Bonchev–Trinajstić information content (AvgIpc) is 1.85. The van der Waals surface area contributed by atoms with Gasteiger partial charge in [-0.3, -0.25) is 0 Å². The zero-order valence-corrected chi connectivity index (χ0v) is 5.96. The lowest BCUT2D eigenvalue weighted by atomic mass is 10.2. The number of hydrogen-bond acceptors (Lipinski definition) is 2. The van der Waals surface area contributed by atoms with Crippen molar-refractivity contribution >= 4 is 5.82 Å². The Bertz CT molecular complexity index is 210. The molecule has 2 heteroatoms. The molecule has 0 saturated carbocycles. The van der Waals surface area contributed by atoms with Crippen molar-refractivity contribution in [3.8, 4) is 0 Å². The van der Waals surface area contributed by atoms with E-state index in [1.807, 2.05) is 13.0 Å². The second-order valence-corrected chi connectivity index (χ2v) is 2.17. The van der Waals surface area contributed by atoms with E-state index < -0.39 is 0 Å². The van der Waals surface area contributed by atoms with Crippen LogP contribution in [0.25, 0.3) is 0 Å². The summed E-state index contributed by atoms with van der Waals surface area (Å²) in [6.07, 6.45) is 0.870. The predicted molar refractivity (Wildman–Crippen MR) is 41.4 cm³/mol. The maximum atomic E-state index is 5.52. The smallest absolute Gasteiger partial charge is 0.123 e. The minimum absolute atomic E-state index is 0.497. The van der Waals surface area contributed by atoms with E-state index in [-0.39, 0.29) is 0 Å². The Hall–Kier alpha value is -1.05. The highest BCUT2D eigenvalue weighted by Crippen LogP contribution is 2.05. The zero-order valence-electron chi connectivity index (χ0n) is 5.96. The van der Waals surface area contributed by atoms with E-state index in [4.69, 9.17) is 12.7 Å². The second kappa shape index (κ2) is 2.69. The van der Waals surface area contributed by atoms with Crippen LogP contribution < -0.4 is 5.73 Å². The molecule has 10 heavy (non-hydrogen) atoms. The summed E-state index contributed by atoms with van der Waals surface area (Å²) in [6, 6.07) is 3.48. The van der Waals surface area contributed by atoms with Gasteiger partial charge in [-0.15, -0.1) is 0 Å². The van der Waals surface area contributed by atoms with Crippen molar-refractivity contribution in [1.82, 2.24) is 4.98 Å². The van der Waals surface area contributed by atoms with E-state index >= 15 is 0 Å². The number of nitrogen functional groups attached to an aromatic ring is 1. The molecule has 1 aromatic heterocycles. The second-order valence-electron chi connectivity index (χ2n) is 2.17. The van der Waals surface area contributed by atoms with Crippen molar-refractivity contribution in [3.05, 3.63) is 30.3 Å². The molecule has 0 aliphatic heterocycles. The molecular formula is C8H10N2. The van der Waals surface area contributed by atoms with Crippen molar-refractivity contribution in [2.45, 2.75) is 13.3 Å². The van der Waals surface area contributed by atoms with Crippen LogP contribution in [0.2, 0.25) is 0 Å². The molecule has 0 bridgehead atoms. The van der Waals surface area contributed by atoms with E-state index in [9.17, 15) is 0 Å². The molecule has 1 aromatic rings. The van der Waals surface area contributed by atoms with Gasteiger partial charge in [0.1, 0.15) is 5.82 Å². The van der Waals surface area contributed by atoms with Crippen LogP contribution in [0, 0.1) is 6.92 Å². The van der Waals surface area contributed by atoms with Gasteiger partial charge in [-0.1, -0.05) is 6.92 Å². The molecule has 52 valence electrons. The fourth-order valence-electron chi connectivity index (χ4n) is 0.816. The van der Waals surface area contributed by atoms with Crippen molar-refractivity contribution in [2.75, 3.05) is 5.73 Å². The SMILES string of the molecule is [CH]c1cc(N)nc(CC)c1. The third kappa shape index (κ3) is 1.47. The molecule has 0 aromatic carbocycles. The first-order chi connectivity index (χ1) is 4.72. The standard InChI is InChI=1S/C8H10N2/c1-3-7-4-6(2)5-8(9)10-7/h2,4-5H,3H2,1H3,(H2,9,10). The molecule has 0 aliphatic rings. The Morgan fingerprint density at radius 1 is 1.60 bits per heavy atom. The molecule has 0 amide bonds. The number of nitrogens with two attached hydrogens (primary N) is 1. The summed E-state index contributed by atoms with van der Waals surface area (Å²) in [5, 5.41) is 0. The Labute approximate surface area is 61.1 Å². The lowest BCUT2D eigenvalue weighted by Gasteiger charge is -1.98. The van der Waals surface area contributed by atoms with Gasteiger partial charge in [0, 0.05) is 5.69 Å². The van der Waals surface area contributed by atoms with E-state index in [0.717, 1.165) is 12.1 Å². The van der Waals surface area contributed by atoms with Crippen LogP contribution in [-0.2, 0) is 6.42 Å². The fraction of sp³-hybridized carbons (Fsp3) is 0.250. The van der Waals surface area contributed by atoms with Crippen LogP contribution in [0.1, 0.15) is 18.2 Å². The van der Waals surface area contributed by atoms with Gasteiger partial charge in [0.05, 0.1) is 0 Å². The number of rotatable bonds is 1. The summed E-state index contributed by atoms with van der Waals surface area (Å²) in [5.74, 6) is 0.497. The van der Waals surface area contributed by atoms with Gasteiger partial charge in [-0.05, 0) is 31.0 Å². The van der Waals surface area contributed by atoms with Gasteiger partial charge in [-0.2, -0.15) is 0 Å². The van der Waals surface area contributed by atoms with Crippen LogP contribution in [-0.4, -0.2) is 4.98 Å². The predicted octanol–water partition coefficient (Wildman–Crippen LogP) is 1.29. The van der Waals surface area contributed by atoms with Gasteiger partial charge in [0.15, 0.2) is 0 Å². The number of nitrogens with zero attached hydrogens (tertiary/aromatic N) is 1. The molecular weight excluding hydrogens is 124 g/mol. The number of anilines is 1. The van der Waals surface area contributed by atoms with Crippen LogP contribution in [0.5, 0.6) is 0 Å². The summed E-state index contributed by atoms with van der Waals surface area (Å²) >= 11 is 0. The summed E-state index contributed by atoms with van der Waals surface area (Å²) in [4.78, 5) is 4.05. The van der Waals surface area contributed by atoms with Crippen molar-refractivity contribution < 1.29 is 0 Å². The lowest BCUT2D eigenvalue weighted by molar-refractivity contribution is 1.04. The van der Waals surface area contributed by atoms with Crippen LogP contribution in [0.4, 0.5) is 5.82 Å². The molecule has 0 saturated heterocycles. The topological polar surface area (TPSA) is 38.9 Å². The molecule has 0 unspecified atom stereocenters. The van der Waals surface area contributed by atoms with E-state index in [1.165, 1.54) is 0 Å². The van der Waals surface area contributed by atoms with Gasteiger partial charge in [0.2, 0.25) is 0 Å². The number of aromatic nitrogens is 1. The first kappa shape index (κ1) is 7.06. The maximum absolute atomic E-state index is 5.52. The first-order valence-electron chi connectivity index (χ1n) is 3.24. The molecule has 1 heterocycles. The van der Waals surface area contributed by atoms with Gasteiger partial charge in [-0.25, -0.2) is 4.98 Å². The van der Waals surface area contributed by atoms with Crippen molar-refractivity contribution in [1.29, 1.82) is 0 Å². The number of pyridine rings is 1. The van der Waals surface area contributed by atoms with Crippen molar-refractivity contribution in [2.24, 2.45) is 0 Å². The number of hydrogen-bond donors (Lipinski definition) is 1. The van der Waals surface area contributed by atoms with Gasteiger partial charge in [0.25, 0.3) is 0 Å². The Morgan fingerprint density at radius 3 is 2.80 bits per heavy atom. The fourth-order valence-corrected chi connectivity index (χ4v) is 0.816. The molecule has 1 rings (SSSR count). The highest BCUT2D eigenvalue weighted by atomic mass is 14.8. The highest BCUT2D eigenvalue weighted by molar-refractivity contribution is 5.36. The summed E-state index contributed by atoms with van der Waals surface area (Å²) in [5.41, 5.74) is 7.07. The minimum atomic E-state index is 0.497. The molecule has 2 N–H and O–H groups in total. The van der Waals surface area contributed by atoms with E-state index in [2.05, 4.69) is 4.98 Å². The Balaban J connectivity index is 3.06. The molecule has 0 aliphatic carbocycles. The van der Waals surface area contributed by atoms with E-state index in [1.54, 1.807) is 6.07 Å². The first-order valence-corrected chi connectivity index (χ1v) is 3.24. The van der Waals surface area contributed by atoms with Crippen LogP contribution in [0.15, 0.2) is 12.1 Å². The van der Waals surface area contributed by atoms with Gasteiger partial charge < -0.3 is 5.73 Å². The molecule has 0 spiro atoms. The summed E-state index contributed by atoms with van der Waals surface area (Å²) < 4.78 is 0. The third-order valence-electron chi connectivity index (χ3n) is 1.28. The molecule has 2 radical (unpaired) electrons.